The summed E-state index contributed by atoms with van der Waals surface area (Å²) in [5, 5.41) is 9.78. The highest BCUT2D eigenvalue weighted by atomic mass is 32.1. The van der Waals surface area contributed by atoms with Crippen molar-refractivity contribution in [2.45, 2.75) is 13.3 Å². The van der Waals surface area contributed by atoms with Gasteiger partial charge in [-0.3, -0.25) is 4.79 Å². The molecule has 4 aromatic rings. The second kappa shape index (κ2) is 7.92. The van der Waals surface area contributed by atoms with Crippen LogP contribution in [0.25, 0.3) is 16.3 Å². The van der Waals surface area contributed by atoms with Crippen LogP contribution in [-0.4, -0.2) is 20.7 Å². The lowest BCUT2D eigenvalue weighted by molar-refractivity contribution is 0.101. The van der Waals surface area contributed by atoms with Gasteiger partial charge in [0.2, 0.25) is 5.13 Å². The second-order valence-corrected chi connectivity index (χ2v) is 7.10. The molecule has 1 amide bonds. The topological polar surface area (TPSA) is 59.8 Å². The molecule has 0 fully saturated rings. The highest BCUT2D eigenvalue weighted by molar-refractivity contribution is 7.12. The molecule has 0 unspecified atom stereocenters. The summed E-state index contributed by atoms with van der Waals surface area (Å²) in [6.07, 6.45) is 4.39. The van der Waals surface area contributed by atoms with Gasteiger partial charge in [-0.1, -0.05) is 25.1 Å². The van der Waals surface area contributed by atoms with Crippen molar-refractivity contribution in [2.75, 3.05) is 5.32 Å². The largest absolute Gasteiger partial charge is 0.322 e. The van der Waals surface area contributed by atoms with Crippen molar-refractivity contribution in [3.63, 3.8) is 0 Å². The second-order valence-electron chi connectivity index (χ2n) is 6.23. The Labute approximate surface area is 169 Å². The van der Waals surface area contributed by atoms with E-state index in [0.717, 1.165) is 40.5 Å². The van der Waals surface area contributed by atoms with Gasteiger partial charge in [0.15, 0.2) is 0 Å². The minimum atomic E-state index is -0.902. The first-order valence-electron chi connectivity index (χ1n) is 8.91. The maximum atomic E-state index is 13.8. The number of benzene rings is 2. The number of nitrogens with one attached hydrogen (secondary N) is 1. The third-order valence-electron chi connectivity index (χ3n) is 4.38. The van der Waals surface area contributed by atoms with Gasteiger partial charge in [-0.25, -0.2) is 18.4 Å². The number of aromatic nitrogens is 3. The van der Waals surface area contributed by atoms with Crippen LogP contribution in [0.5, 0.6) is 0 Å². The standard InChI is InChI=1S/C21H16F2N4OS/c1-2-18-15(12-27(26-18)21-24-10-11-29-21)13-6-8-14(9-7-13)25-20(28)19-16(22)4-3-5-17(19)23/h3-12H,2H2,1H3,(H,25,28). The van der Waals surface area contributed by atoms with Crippen molar-refractivity contribution < 1.29 is 13.6 Å². The number of aryl methyl sites for hydroxylation is 1. The van der Waals surface area contributed by atoms with Gasteiger partial charge in [0.05, 0.1) is 5.69 Å². The Bertz CT molecular complexity index is 1130. The van der Waals surface area contributed by atoms with E-state index in [1.54, 1.807) is 23.0 Å². The lowest BCUT2D eigenvalue weighted by Gasteiger charge is -2.08. The Balaban J connectivity index is 1.58. The molecule has 146 valence electrons. The van der Waals surface area contributed by atoms with E-state index in [2.05, 4.69) is 15.4 Å². The third-order valence-corrected chi connectivity index (χ3v) is 5.15. The summed E-state index contributed by atoms with van der Waals surface area (Å²) < 4.78 is 29.3. The van der Waals surface area contributed by atoms with Gasteiger partial charge in [-0.05, 0) is 36.2 Å². The zero-order valence-electron chi connectivity index (χ0n) is 15.4. The Morgan fingerprint density at radius 2 is 1.86 bits per heavy atom. The number of thiazole rings is 1. The Hall–Kier alpha value is -3.39. The van der Waals surface area contributed by atoms with Crippen molar-refractivity contribution in [3.05, 3.63) is 83.1 Å². The van der Waals surface area contributed by atoms with Crippen molar-refractivity contribution in [1.82, 2.24) is 14.8 Å². The molecule has 0 bridgehead atoms. The number of amides is 1. The fourth-order valence-electron chi connectivity index (χ4n) is 2.98. The Morgan fingerprint density at radius 3 is 2.48 bits per heavy atom. The molecule has 0 saturated carbocycles. The number of hydrogen-bond acceptors (Lipinski definition) is 4. The molecule has 0 aliphatic rings. The first-order chi connectivity index (χ1) is 14.1. The van der Waals surface area contributed by atoms with E-state index in [9.17, 15) is 13.6 Å². The summed E-state index contributed by atoms with van der Waals surface area (Å²) in [7, 11) is 0. The summed E-state index contributed by atoms with van der Waals surface area (Å²) in [5.41, 5.74) is 2.63. The molecular weight excluding hydrogens is 394 g/mol. The van der Waals surface area contributed by atoms with Gasteiger partial charge in [0.1, 0.15) is 17.2 Å². The van der Waals surface area contributed by atoms with Crippen LogP contribution in [0.15, 0.2) is 60.2 Å². The minimum Gasteiger partial charge on any atom is -0.322 e. The minimum absolute atomic E-state index is 0.437. The molecule has 0 aliphatic carbocycles. The molecule has 2 aromatic heterocycles. The van der Waals surface area contributed by atoms with Gasteiger partial charge in [-0.2, -0.15) is 5.10 Å². The third kappa shape index (κ3) is 3.79. The Morgan fingerprint density at radius 1 is 1.14 bits per heavy atom. The Kier molecular flexibility index (Phi) is 5.18. The molecule has 8 heteroatoms. The summed E-state index contributed by atoms with van der Waals surface area (Å²) >= 11 is 1.49. The highest BCUT2D eigenvalue weighted by Gasteiger charge is 2.17. The van der Waals surface area contributed by atoms with Gasteiger partial charge in [-0.15, -0.1) is 11.3 Å². The van der Waals surface area contributed by atoms with Crippen molar-refractivity contribution >= 4 is 22.9 Å². The molecule has 0 radical (unpaired) electrons. The van der Waals surface area contributed by atoms with Crippen LogP contribution in [0, 0.1) is 11.6 Å². The normalized spacial score (nSPS) is 10.9. The number of hydrogen-bond donors (Lipinski definition) is 1. The number of halogens is 2. The predicted molar refractivity (Wildman–Crippen MR) is 108 cm³/mol. The molecule has 1 N–H and O–H groups in total. The monoisotopic (exact) mass is 410 g/mol. The predicted octanol–water partition coefficient (Wildman–Crippen LogP) is 5.09. The van der Waals surface area contributed by atoms with Crippen LogP contribution in [0.4, 0.5) is 14.5 Å². The number of rotatable bonds is 5. The molecule has 29 heavy (non-hydrogen) atoms. The fourth-order valence-corrected chi connectivity index (χ4v) is 3.55. The number of carbonyl (C=O) groups is 1. The van der Waals surface area contributed by atoms with Gasteiger partial charge in [0, 0.05) is 29.0 Å². The first-order valence-corrected chi connectivity index (χ1v) is 9.79. The molecule has 2 heterocycles. The quantitative estimate of drug-likeness (QED) is 0.499. The molecular formula is C21H16F2N4OS. The molecule has 4 rings (SSSR count). The van der Waals surface area contributed by atoms with Gasteiger partial charge >= 0.3 is 0 Å². The van der Waals surface area contributed by atoms with E-state index in [1.807, 2.05) is 30.6 Å². The average molecular weight is 410 g/mol. The summed E-state index contributed by atoms with van der Waals surface area (Å²) in [6, 6.07) is 10.3. The van der Waals surface area contributed by atoms with E-state index in [4.69, 9.17) is 0 Å². The van der Waals surface area contributed by atoms with E-state index >= 15 is 0 Å². The maximum absolute atomic E-state index is 13.8. The van der Waals surface area contributed by atoms with E-state index in [0.29, 0.717) is 5.69 Å². The maximum Gasteiger partial charge on any atom is 0.261 e. The molecule has 0 atom stereocenters. The van der Waals surface area contributed by atoms with Crippen LogP contribution >= 0.6 is 11.3 Å². The van der Waals surface area contributed by atoms with Gasteiger partial charge in [0.25, 0.3) is 5.91 Å². The average Bonchev–Trinajstić information content (AvgIpc) is 3.38. The number of carbonyl (C=O) groups excluding carboxylic acids is 1. The molecule has 0 saturated heterocycles. The molecule has 0 aliphatic heterocycles. The lowest BCUT2D eigenvalue weighted by atomic mass is 10.0. The number of nitrogens with zero attached hydrogens (tertiary/aromatic N) is 3. The highest BCUT2D eigenvalue weighted by Crippen LogP contribution is 2.27. The molecule has 2 aromatic carbocycles. The van der Waals surface area contributed by atoms with Crippen LogP contribution in [0.3, 0.4) is 0 Å². The molecule has 5 nitrogen and oxygen atoms in total. The summed E-state index contributed by atoms with van der Waals surface area (Å²) in [4.78, 5) is 16.5. The first kappa shape index (κ1) is 18.9. The zero-order chi connectivity index (χ0) is 20.4. The molecule has 0 spiro atoms. The van der Waals surface area contributed by atoms with E-state index in [-0.39, 0.29) is 0 Å². The van der Waals surface area contributed by atoms with E-state index in [1.165, 1.54) is 17.4 Å². The number of anilines is 1. The van der Waals surface area contributed by atoms with Crippen molar-refractivity contribution in [2.24, 2.45) is 0 Å². The summed E-state index contributed by atoms with van der Waals surface area (Å²) in [6.45, 7) is 2.02. The van der Waals surface area contributed by atoms with Gasteiger partial charge < -0.3 is 5.32 Å². The van der Waals surface area contributed by atoms with Crippen LogP contribution in [-0.2, 0) is 6.42 Å². The van der Waals surface area contributed by atoms with E-state index < -0.39 is 23.1 Å². The lowest BCUT2D eigenvalue weighted by Crippen LogP contribution is -2.15. The SMILES string of the molecule is CCc1nn(-c2nccs2)cc1-c1ccc(NC(=O)c2c(F)cccc2F)cc1. The van der Waals surface area contributed by atoms with Crippen molar-refractivity contribution in [1.29, 1.82) is 0 Å². The zero-order valence-corrected chi connectivity index (χ0v) is 16.2. The van der Waals surface area contributed by atoms with Crippen molar-refractivity contribution in [3.8, 4) is 16.3 Å². The fraction of sp³-hybridized carbons (Fsp3) is 0.0952. The summed E-state index contributed by atoms with van der Waals surface area (Å²) in [5.74, 6) is -2.64. The van der Waals surface area contributed by atoms with Crippen LogP contribution < -0.4 is 5.32 Å². The van der Waals surface area contributed by atoms with Crippen LogP contribution in [0.1, 0.15) is 23.0 Å². The van der Waals surface area contributed by atoms with Crippen LogP contribution in [0.2, 0.25) is 0 Å². The smallest absolute Gasteiger partial charge is 0.261 e.